The van der Waals surface area contributed by atoms with E-state index in [1.165, 1.54) is 15.6 Å². The van der Waals surface area contributed by atoms with Crippen molar-refractivity contribution in [1.29, 1.82) is 0 Å². The van der Waals surface area contributed by atoms with Crippen molar-refractivity contribution in [2.24, 2.45) is 0 Å². The van der Waals surface area contributed by atoms with Crippen molar-refractivity contribution in [2.45, 2.75) is 29.7 Å². The zero-order valence-electron chi connectivity index (χ0n) is 14.9. The minimum Gasteiger partial charge on any atom is -0.394 e. The molecular formula is C18H24N2O4S2. The van der Waals surface area contributed by atoms with Crippen LogP contribution in [0.1, 0.15) is 19.4 Å². The molecule has 0 saturated carbocycles. The highest BCUT2D eigenvalue weighted by Gasteiger charge is 2.34. The van der Waals surface area contributed by atoms with Crippen LogP contribution >= 0.6 is 11.3 Å². The normalized spacial score (nSPS) is 19.7. The first-order valence-corrected chi connectivity index (χ1v) is 10.8. The lowest BCUT2D eigenvalue weighted by molar-refractivity contribution is 0.0786. The molecule has 0 aliphatic carbocycles. The van der Waals surface area contributed by atoms with Crippen LogP contribution in [0.15, 0.2) is 46.0 Å². The maximum Gasteiger partial charge on any atom is 0.252 e. The van der Waals surface area contributed by atoms with Gasteiger partial charge in [0.25, 0.3) is 10.0 Å². The van der Waals surface area contributed by atoms with E-state index in [-0.39, 0.29) is 19.2 Å². The molecule has 1 saturated heterocycles. The molecule has 8 heteroatoms. The summed E-state index contributed by atoms with van der Waals surface area (Å²) in [5, 5.41) is 21.6. The predicted octanol–water partition coefficient (Wildman–Crippen LogP) is 1.85. The summed E-state index contributed by atoms with van der Waals surface area (Å²) in [4.78, 5) is 2.02. The highest BCUT2D eigenvalue weighted by atomic mass is 32.2. The molecule has 2 aromatic rings. The quantitative estimate of drug-likeness (QED) is 0.806. The number of sulfonamides is 1. The van der Waals surface area contributed by atoms with Crippen LogP contribution < -0.4 is 4.90 Å². The highest BCUT2D eigenvalue weighted by Crippen LogP contribution is 2.28. The van der Waals surface area contributed by atoms with E-state index in [1.54, 1.807) is 31.4 Å². The molecule has 6 nitrogen and oxygen atoms in total. The second kappa shape index (κ2) is 7.28. The Kier molecular flexibility index (Phi) is 5.41. The summed E-state index contributed by atoms with van der Waals surface area (Å²) < 4.78 is 27.2. The van der Waals surface area contributed by atoms with Gasteiger partial charge in [-0.15, -0.1) is 11.3 Å². The van der Waals surface area contributed by atoms with Gasteiger partial charge in [-0.3, -0.25) is 0 Å². The van der Waals surface area contributed by atoms with Crippen molar-refractivity contribution in [2.75, 3.05) is 31.1 Å². The number of aliphatic hydroxyl groups is 2. The molecule has 1 aromatic heterocycles. The number of piperazine rings is 1. The van der Waals surface area contributed by atoms with Gasteiger partial charge in [0.05, 0.1) is 18.2 Å². The van der Waals surface area contributed by atoms with E-state index in [0.29, 0.717) is 17.3 Å². The molecule has 0 amide bonds. The Balaban J connectivity index is 1.78. The van der Waals surface area contributed by atoms with Crippen LogP contribution in [-0.2, 0) is 15.6 Å². The number of benzene rings is 1. The van der Waals surface area contributed by atoms with Gasteiger partial charge in [0.2, 0.25) is 0 Å². The third-order valence-corrected chi connectivity index (χ3v) is 7.89. The van der Waals surface area contributed by atoms with Crippen LogP contribution in [-0.4, -0.2) is 55.2 Å². The largest absolute Gasteiger partial charge is 0.394 e. The monoisotopic (exact) mass is 396 g/mol. The summed E-state index contributed by atoms with van der Waals surface area (Å²) in [6, 6.07) is 10.5. The van der Waals surface area contributed by atoms with Crippen molar-refractivity contribution in [3.8, 4) is 0 Å². The Morgan fingerprint density at radius 2 is 1.88 bits per heavy atom. The number of hydrogen-bond donors (Lipinski definition) is 2. The molecule has 0 spiro atoms. The Hall–Kier alpha value is -1.45. The summed E-state index contributed by atoms with van der Waals surface area (Å²) in [5.74, 6) is 0. The highest BCUT2D eigenvalue weighted by molar-refractivity contribution is 7.91. The van der Waals surface area contributed by atoms with Crippen LogP contribution in [0.2, 0.25) is 0 Å². The molecule has 1 aliphatic heterocycles. The number of anilines is 1. The minimum absolute atomic E-state index is 0.135. The maximum atomic E-state index is 12.7. The standard InChI is InChI=1S/C18H24N2O4S2/c1-18(2,22)14-5-7-15(8-6-14)20-10-9-19(12-16(20)13-21)26(23,24)17-4-3-11-25-17/h3-8,11,16,21-22H,9-10,12-13H2,1-2H3/t16-/m1/s1. The Morgan fingerprint density at radius 3 is 2.42 bits per heavy atom. The molecule has 0 bridgehead atoms. The van der Waals surface area contributed by atoms with E-state index >= 15 is 0 Å². The van der Waals surface area contributed by atoms with E-state index in [9.17, 15) is 18.6 Å². The SMILES string of the molecule is CC(C)(O)c1ccc(N2CCN(S(=O)(=O)c3cccs3)C[C@@H]2CO)cc1. The van der Waals surface area contributed by atoms with Crippen LogP contribution in [0.5, 0.6) is 0 Å². The number of aliphatic hydroxyl groups excluding tert-OH is 1. The third kappa shape index (κ3) is 3.79. The van der Waals surface area contributed by atoms with Gasteiger partial charge in [-0.05, 0) is 43.0 Å². The molecule has 1 fully saturated rings. The zero-order chi connectivity index (χ0) is 18.9. The smallest absolute Gasteiger partial charge is 0.252 e. The van der Waals surface area contributed by atoms with Crippen LogP contribution in [0.3, 0.4) is 0 Å². The van der Waals surface area contributed by atoms with E-state index in [0.717, 1.165) is 11.3 Å². The molecule has 1 aliphatic rings. The second-order valence-electron chi connectivity index (χ2n) is 6.93. The molecule has 3 rings (SSSR count). The van der Waals surface area contributed by atoms with Gasteiger partial charge < -0.3 is 15.1 Å². The summed E-state index contributed by atoms with van der Waals surface area (Å²) in [7, 11) is -3.51. The first-order chi connectivity index (χ1) is 12.2. The number of hydrogen-bond acceptors (Lipinski definition) is 6. The van der Waals surface area contributed by atoms with E-state index in [1.807, 2.05) is 29.2 Å². The summed E-state index contributed by atoms with van der Waals surface area (Å²) in [6.45, 7) is 4.43. The van der Waals surface area contributed by atoms with Crippen molar-refractivity contribution < 1.29 is 18.6 Å². The van der Waals surface area contributed by atoms with Crippen molar-refractivity contribution in [3.05, 3.63) is 47.3 Å². The minimum atomic E-state index is -3.51. The maximum absolute atomic E-state index is 12.7. The topological polar surface area (TPSA) is 81.1 Å². The third-order valence-electron chi connectivity index (χ3n) is 4.65. The van der Waals surface area contributed by atoms with Gasteiger partial charge in [0, 0.05) is 25.3 Å². The number of thiophene rings is 1. The van der Waals surface area contributed by atoms with Gasteiger partial charge in [0.1, 0.15) is 4.21 Å². The molecular weight excluding hydrogens is 372 g/mol. The van der Waals surface area contributed by atoms with Crippen molar-refractivity contribution >= 4 is 27.0 Å². The Bertz CT molecular complexity index is 827. The molecule has 26 heavy (non-hydrogen) atoms. The van der Waals surface area contributed by atoms with Crippen LogP contribution in [0.4, 0.5) is 5.69 Å². The van der Waals surface area contributed by atoms with Gasteiger partial charge in [-0.2, -0.15) is 4.31 Å². The lowest BCUT2D eigenvalue weighted by atomic mass is 9.98. The summed E-state index contributed by atoms with van der Waals surface area (Å²) >= 11 is 1.20. The van der Waals surface area contributed by atoms with Gasteiger partial charge in [0.15, 0.2) is 0 Å². The lowest BCUT2D eigenvalue weighted by Crippen LogP contribution is -2.56. The van der Waals surface area contributed by atoms with Crippen LogP contribution in [0.25, 0.3) is 0 Å². The van der Waals surface area contributed by atoms with E-state index in [4.69, 9.17) is 0 Å². The first kappa shape index (κ1) is 19.3. The van der Waals surface area contributed by atoms with E-state index in [2.05, 4.69) is 0 Å². The summed E-state index contributed by atoms with van der Waals surface area (Å²) in [5.41, 5.74) is 0.800. The molecule has 2 N–H and O–H groups in total. The predicted molar refractivity (Wildman–Crippen MR) is 103 cm³/mol. The Morgan fingerprint density at radius 1 is 1.19 bits per heavy atom. The molecule has 2 heterocycles. The van der Waals surface area contributed by atoms with Gasteiger partial charge in [-0.1, -0.05) is 18.2 Å². The molecule has 1 atom stereocenters. The molecule has 142 valence electrons. The average Bonchev–Trinajstić information content (AvgIpc) is 3.16. The number of rotatable bonds is 5. The zero-order valence-corrected chi connectivity index (χ0v) is 16.5. The molecule has 1 aromatic carbocycles. The fraction of sp³-hybridized carbons (Fsp3) is 0.444. The second-order valence-corrected chi connectivity index (χ2v) is 10.0. The number of nitrogens with zero attached hydrogens (tertiary/aromatic N) is 2. The first-order valence-electron chi connectivity index (χ1n) is 8.47. The Labute approximate surface area is 158 Å². The van der Waals surface area contributed by atoms with Crippen molar-refractivity contribution in [3.63, 3.8) is 0 Å². The van der Waals surface area contributed by atoms with Gasteiger partial charge >= 0.3 is 0 Å². The van der Waals surface area contributed by atoms with Gasteiger partial charge in [-0.25, -0.2) is 8.42 Å². The average molecular weight is 397 g/mol. The molecule has 0 radical (unpaired) electrons. The fourth-order valence-electron chi connectivity index (χ4n) is 3.14. The van der Waals surface area contributed by atoms with E-state index < -0.39 is 15.6 Å². The summed E-state index contributed by atoms with van der Waals surface area (Å²) in [6.07, 6.45) is 0. The van der Waals surface area contributed by atoms with Crippen LogP contribution in [0, 0.1) is 0 Å². The fourth-order valence-corrected chi connectivity index (χ4v) is 5.75. The molecule has 0 unspecified atom stereocenters. The van der Waals surface area contributed by atoms with Crippen molar-refractivity contribution in [1.82, 2.24) is 4.31 Å². The lowest BCUT2D eigenvalue weighted by Gasteiger charge is -2.41.